The third-order valence-electron chi connectivity index (χ3n) is 4.20. The monoisotopic (exact) mass is 276 g/mol. The Labute approximate surface area is 120 Å². The summed E-state index contributed by atoms with van der Waals surface area (Å²) in [5.74, 6) is 5.96. The normalized spacial score (nSPS) is 17.5. The first-order valence-electron chi connectivity index (χ1n) is 7.47. The number of nitrogens with one attached hydrogen (secondary N) is 2. The summed E-state index contributed by atoms with van der Waals surface area (Å²) in [5.41, 5.74) is 3.64. The molecular formula is C15H24N4O. The highest BCUT2D eigenvalue weighted by atomic mass is 16.1. The van der Waals surface area contributed by atoms with Crippen LogP contribution in [-0.4, -0.2) is 16.9 Å². The van der Waals surface area contributed by atoms with Crippen LogP contribution in [0.4, 0.5) is 5.69 Å². The van der Waals surface area contributed by atoms with Crippen molar-refractivity contribution in [1.29, 1.82) is 0 Å². The molecule has 1 unspecified atom stereocenters. The number of carbonyl (C=O) groups excluding carboxylic acids is 1. The minimum Gasteiger partial charge on any atom is -0.349 e. The first-order valence-corrected chi connectivity index (χ1v) is 7.47. The number of anilines is 1. The molecule has 0 aromatic carbocycles. The van der Waals surface area contributed by atoms with E-state index < -0.39 is 0 Å². The van der Waals surface area contributed by atoms with Crippen molar-refractivity contribution < 1.29 is 4.79 Å². The Kier molecular flexibility index (Phi) is 5.35. The van der Waals surface area contributed by atoms with E-state index in [0.717, 1.165) is 6.42 Å². The van der Waals surface area contributed by atoms with Crippen LogP contribution in [0.25, 0.3) is 0 Å². The number of aromatic nitrogens is 1. The van der Waals surface area contributed by atoms with Crippen molar-refractivity contribution in [3.05, 3.63) is 24.0 Å². The van der Waals surface area contributed by atoms with Gasteiger partial charge in [-0.25, -0.2) is 0 Å². The molecule has 1 aliphatic rings. The lowest BCUT2D eigenvalue weighted by Crippen LogP contribution is -2.41. The maximum Gasteiger partial charge on any atom is 0.253 e. The van der Waals surface area contributed by atoms with Gasteiger partial charge in [0.15, 0.2) is 0 Å². The molecule has 1 saturated carbocycles. The van der Waals surface area contributed by atoms with E-state index in [1.807, 2.05) is 0 Å². The van der Waals surface area contributed by atoms with Crippen molar-refractivity contribution in [3.63, 3.8) is 0 Å². The van der Waals surface area contributed by atoms with E-state index in [1.54, 1.807) is 18.5 Å². The molecule has 0 spiro atoms. The van der Waals surface area contributed by atoms with E-state index in [-0.39, 0.29) is 11.9 Å². The second-order valence-electron chi connectivity index (χ2n) is 5.45. The van der Waals surface area contributed by atoms with Gasteiger partial charge in [0.1, 0.15) is 0 Å². The average Bonchev–Trinajstić information content (AvgIpc) is 2.53. The van der Waals surface area contributed by atoms with Crippen LogP contribution in [0, 0.1) is 5.92 Å². The Morgan fingerprint density at radius 1 is 1.45 bits per heavy atom. The van der Waals surface area contributed by atoms with Crippen LogP contribution in [0.1, 0.15) is 55.8 Å². The van der Waals surface area contributed by atoms with Gasteiger partial charge in [0.2, 0.25) is 0 Å². The van der Waals surface area contributed by atoms with Crippen molar-refractivity contribution in [3.8, 4) is 0 Å². The Morgan fingerprint density at radius 3 is 2.85 bits per heavy atom. The van der Waals surface area contributed by atoms with E-state index in [1.165, 1.54) is 32.1 Å². The third-order valence-corrected chi connectivity index (χ3v) is 4.20. The van der Waals surface area contributed by atoms with Gasteiger partial charge in [0, 0.05) is 12.2 Å². The SMILES string of the molecule is CCC(NC(=O)c1ccncc1NN)C1CCCCC1. The minimum atomic E-state index is -0.0715. The first-order chi connectivity index (χ1) is 9.76. The Hall–Kier alpha value is -1.62. The predicted molar refractivity (Wildman–Crippen MR) is 80.2 cm³/mol. The second kappa shape index (κ2) is 7.24. The zero-order valence-corrected chi connectivity index (χ0v) is 12.1. The number of hydrogen-bond acceptors (Lipinski definition) is 4. The third kappa shape index (κ3) is 3.48. The van der Waals surface area contributed by atoms with Crippen molar-refractivity contribution in [2.45, 2.75) is 51.5 Å². The lowest BCUT2D eigenvalue weighted by Gasteiger charge is -2.30. The molecule has 0 bridgehead atoms. The second-order valence-corrected chi connectivity index (χ2v) is 5.45. The molecule has 5 nitrogen and oxygen atoms in total. The summed E-state index contributed by atoms with van der Waals surface area (Å²) >= 11 is 0. The molecule has 1 heterocycles. The van der Waals surface area contributed by atoms with Crippen molar-refractivity contribution in [2.75, 3.05) is 5.43 Å². The van der Waals surface area contributed by atoms with Gasteiger partial charge in [-0.05, 0) is 31.2 Å². The zero-order chi connectivity index (χ0) is 14.4. The van der Waals surface area contributed by atoms with Crippen molar-refractivity contribution >= 4 is 11.6 Å². The summed E-state index contributed by atoms with van der Waals surface area (Å²) in [4.78, 5) is 16.4. The molecule has 5 heteroatoms. The van der Waals surface area contributed by atoms with E-state index >= 15 is 0 Å². The fourth-order valence-corrected chi connectivity index (χ4v) is 3.04. The van der Waals surface area contributed by atoms with Crippen LogP contribution in [0.5, 0.6) is 0 Å². The number of rotatable bonds is 5. The maximum absolute atomic E-state index is 12.4. The van der Waals surface area contributed by atoms with E-state index in [0.29, 0.717) is 17.2 Å². The molecule has 1 aromatic heterocycles. The zero-order valence-electron chi connectivity index (χ0n) is 12.1. The van der Waals surface area contributed by atoms with Crippen molar-refractivity contribution in [1.82, 2.24) is 10.3 Å². The molecule has 0 saturated heterocycles. The number of amides is 1. The summed E-state index contributed by atoms with van der Waals surface area (Å²) in [6.07, 6.45) is 10.5. The highest BCUT2D eigenvalue weighted by Crippen LogP contribution is 2.28. The van der Waals surface area contributed by atoms with Crippen LogP contribution in [0.15, 0.2) is 18.5 Å². The highest BCUT2D eigenvalue weighted by Gasteiger charge is 2.24. The van der Waals surface area contributed by atoms with Crippen LogP contribution in [-0.2, 0) is 0 Å². The molecule has 1 atom stereocenters. The maximum atomic E-state index is 12.4. The summed E-state index contributed by atoms with van der Waals surface area (Å²) in [7, 11) is 0. The van der Waals surface area contributed by atoms with Gasteiger partial charge >= 0.3 is 0 Å². The molecule has 1 aromatic rings. The molecule has 0 aliphatic heterocycles. The fraction of sp³-hybridized carbons (Fsp3) is 0.600. The topological polar surface area (TPSA) is 80.0 Å². The largest absolute Gasteiger partial charge is 0.349 e. The van der Waals surface area contributed by atoms with Crippen LogP contribution in [0.2, 0.25) is 0 Å². The smallest absolute Gasteiger partial charge is 0.253 e. The number of nitrogens with zero attached hydrogens (tertiary/aromatic N) is 1. The van der Waals surface area contributed by atoms with Gasteiger partial charge in [-0.1, -0.05) is 26.2 Å². The first kappa shape index (κ1) is 14.8. The van der Waals surface area contributed by atoms with Gasteiger partial charge in [-0.15, -0.1) is 0 Å². The molecule has 20 heavy (non-hydrogen) atoms. The molecular weight excluding hydrogens is 252 g/mol. The standard InChI is InChI=1S/C15H24N4O/c1-2-13(11-6-4-3-5-7-11)18-15(20)12-8-9-17-10-14(12)19-16/h8-11,13,19H,2-7,16H2,1H3,(H,18,20). The lowest BCUT2D eigenvalue weighted by molar-refractivity contribution is 0.0912. The molecule has 110 valence electrons. The molecule has 1 fully saturated rings. The Balaban J connectivity index is 2.04. The fourth-order valence-electron chi connectivity index (χ4n) is 3.04. The Bertz CT molecular complexity index is 443. The number of pyridine rings is 1. The number of hydrazine groups is 1. The van der Waals surface area contributed by atoms with Crippen LogP contribution < -0.4 is 16.6 Å². The summed E-state index contributed by atoms with van der Waals surface area (Å²) in [5, 5.41) is 3.17. The highest BCUT2D eigenvalue weighted by molar-refractivity contribution is 5.99. The Morgan fingerprint density at radius 2 is 2.20 bits per heavy atom. The number of nitrogens with two attached hydrogens (primary N) is 1. The summed E-state index contributed by atoms with van der Waals surface area (Å²) in [6, 6.07) is 1.94. The van der Waals surface area contributed by atoms with Crippen LogP contribution in [0.3, 0.4) is 0 Å². The number of nitrogen functional groups attached to an aromatic ring is 1. The van der Waals surface area contributed by atoms with Gasteiger partial charge in [0.05, 0.1) is 17.4 Å². The number of hydrogen-bond donors (Lipinski definition) is 3. The quantitative estimate of drug-likeness (QED) is 0.570. The molecule has 0 radical (unpaired) electrons. The van der Waals surface area contributed by atoms with Gasteiger partial charge in [-0.2, -0.15) is 0 Å². The van der Waals surface area contributed by atoms with E-state index in [4.69, 9.17) is 5.84 Å². The summed E-state index contributed by atoms with van der Waals surface area (Å²) < 4.78 is 0. The molecule has 1 amide bonds. The molecule has 1 aliphatic carbocycles. The van der Waals surface area contributed by atoms with Gasteiger partial charge in [0.25, 0.3) is 5.91 Å². The van der Waals surface area contributed by atoms with Gasteiger partial charge < -0.3 is 10.7 Å². The lowest BCUT2D eigenvalue weighted by atomic mass is 9.83. The van der Waals surface area contributed by atoms with Gasteiger partial charge in [-0.3, -0.25) is 15.6 Å². The minimum absolute atomic E-state index is 0.0715. The predicted octanol–water partition coefficient (Wildman–Crippen LogP) is 2.46. The molecule has 2 rings (SSSR count). The van der Waals surface area contributed by atoms with Crippen molar-refractivity contribution in [2.24, 2.45) is 11.8 Å². The van der Waals surface area contributed by atoms with E-state index in [2.05, 4.69) is 22.7 Å². The molecule has 4 N–H and O–H groups in total. The average molecular weight is 276 g/mol. The van der Waals surface area contributed by atoms with Crippen LogP contribution >= 0.6 is 0 Å². The number of carbonyl (C=O) groups is 1. The summed E-state index contributed by atoms with van der Waals surface area (Å²) in [6.45, 7) is 2.13. The van der Waals surface area contributed by atoms with E-state index in [9.17, 15) is 4.79 Å².